The Bertz CT molecular complexity index is 271. The molecule has 0 aliphatic heterocycles. The Morgan fingerprint density at radius 3 is 2.15 bits per heavy atom. The number of aryl methyl sites for hydroxylation is 2. The van der Waals surface area contributed by atoms with Crippen molar-refractivity contribution in [2.24, 2.45) is 5.73 Å². The van der Waals surface area contributed by atoms with Crippen LogP contribution in [0.15, 0.2) is 12.1 Å². The largest absolute Gasteiger partial charge is 0.496 e. The van der Waals surface area contributed by atoms with Crippen molar-refractivity contribution in [3.05, 3.63) is 28.8 Å². The monoisotopic (exact) mass is 179 g/mol. The fourth-order valence-corrected chi connectivity index (χ4v) is 1.67. The molecule has 2 heteroatoms. The number of ether oxygens (including phenoxy) is 1. The molecule has 0 aliphatic carbocycles. The van der Waals surface area contributed by atoms with Crippen LogP contribution in [0, 0.1) is 13.8 Å². The molecule has 1 aromatic rings. The highest BCUT2D eigenvalue weighted by Crippen LogP contribution is 2.24. The van der Waals surface area contributed by atoms with Crippen LogP contribution in [-0.4, -0.2) is 13.7 Å². The van der Waals surface area contributed by atoms with Crippen LogP contribution < -0.4 is 10.5 Å². The Labute approximate surface area is 79.7 Å². The minimum absolute atomic E-state index is 0.700. The van der Waals surface area contributed by atoms with Crippen LogP contribution in [0.3, 0.4) is 0 Å². The first-order valence-electron chi connectivity index (χ1n) is 4.53. The molecule has 13 heavy (non-hydrogen) atoms. The first-order valence-corrected chi connectivity index (χ1v) is 4.53. The summed E-state index contributed by atoms with van der Waals surface area (Å²) in [6, 6.07) is 4.28. The third-order valence-electron chi connectivity index (χ3n) is 2.16. The average molecular weight is 179 g/mol. The van der Waals surface area contributed by atoms with Crippen molar-refractivity contribution in [2.75, 3.05) is 13.7 Å². The van der Waals surface area contributed by atoms with Gasteiger partial charge in [-0.3, -0.25) is 0 Å². The highest BCUT2D eigenvalue weighted by atomic mass is 16.5. The topological polar surface area (TPSA) is 35.2 Å². The smallest absolute Gasteiger partial charge is 0.124 e. The van der Waals surface area contributed by atoms with Gasteiger partial charge in [0.2, 0.25) is 0 Å². The number of hydrogen-bond acceptors (Lipinski definition) is 2. The van der Waals surface area contributed by atoms with Gasteiger partial charge in [-0.2, -0.15) is 0 Å². The van der Waals surface area contributed by atoms with Crippen molar-refractivity contribution in [1.82, 2.24) is 0 Å². The van der Waals surface area contributed by atoms with Crippen molar-refractivity contribution in [3.63, 3.8) is 0 Å². The van der Waals surface area contributed by atoms with Crippen LogP contribution in [0.1, 0.15) is 16.7 Å². The van der Waals surface area contributed by atoms with E-state index in [9.17, 15) is 0 Å². The van der Waals surface area contributed by atoms with E-state index in [0.29, 0.717) is 6.54 Å². The minimum Gasteiger partial charge on any atom is -0.496 e. The van der Waals surface area contributed by atoms with Crippen LogP contribution in [0.5, 0.6) is 5.75 Å². The maximum Gasteiger partial charge on any atom is 0.124 e. The summed E-state index contributed by atoms with van der Waals surface area (Å²) in [6.07, 6.45) is 0.936. The predicted molar refractivity (Wildman–Crippen MR) is 55.2 cm³/mol. The van der Waals surface area contributed by atoms with Gasteiger partial charge in [-0.1, -0.05) is 12.1 Å². The Hall–Kier alpha value is -1.02. The fraction of sp³-hybridized carbons (Fsp3) is 0.455. The SMILES string of the molecule is COc1c(C)cc(CCN)cc1C. The van der Waals surface area contributed by atoms with Gasteiger partial charge in [-0.05, 0) is 43.5 Å². The maximum atomic E-state index is 5.50. The number of rotatable bonds is 3. The van der Waals surface area contributed by atoms with Gasteiger partial charge in [0.25, 0.3) is 0 Å². The van der Waals surface area contributed by atoms with E-state index in [0.717, 1.165) is 12.2 Å². The number of methoxy groups -OCH3 is 1. The van der Waals surface area contributed by atoms with Crippen LogP contribution in [-0.2, 0) is 6.42 Å². The summed E-state index contributed by atoms with van der Waals surface area (Å²) in [6.45, 7) is 4.82. The predicted octanol–water partition coefficient (Wildman–Crippen LogP) is 1.81. The molecule has 72 valence electrons. The standard InChI is InChI=1S/C11H17NO/c1-8-6-10(4-5-12)7-9(2)11(8)13-3/h6-7H,4-5,12H2,1-3H3. The average Bonchev–Trinajstić information content (AvgIpc) is 2.04. The van der Waals surface area contributed by atoms with Gasteiger partial charge in [0.1, 0.15) is 5.75 Å². The molecule has 0 fully saturated rings. The van der Waals surface area contributed by atoms with E-state index in [2.05, 4.69) is 26.0 Å². The molecule has 0 saturated heterocycles. The van der Waals surface area contributed by atoms with Gasteiger partial charge < -0.3 is 10.5 Å². The first kappa shape index (κ1) is 10.1. The molecular weight excluding hydrogens is 162 g/mol. The first-order chi connectivity index (χ1) is 6.19. The summed E-state index contributed by atoms with van der Waals surface area (Å²) >= 11 is 0. The van der Waals surface area contributed by atoms with E-state index < -0.39 is 0 Å². The summed E-state index contributed by atoms with van der Waals surface area (Å²) < 4.78 is 5.28. The summed E-state index contributed by atoms with van der Waals surface area (Å²) in [7, 11) is 1.71. The Balaban J connectivity index is 3.05. The Morgan fingerprint density at radius 1 is 1.23 bits per heavy atom. The van der Waals surface area contributed by atoms with E-state index >= 15 is 0 Å². The third-order valence-corrected chi connectivity index (χ3v) is 2.16. The van der Waals surface area contributed by atoms with Crippen LogP contribution in [0.2, 0.25) is 0 Å². The van der Waals surface area contributed by atoms with Crippen LogP contribution >= 0.6 is 0 Å². The zero-order chi connectivity index (χ0) is 9.84. The zero-order valence-corrected chi connectivity index (χ0v) is 8.55. The second-order valence-electron chi connectivity index (χ2n) is 3.30. The van der Waals surface area contributed by atoms with Gasteiger partial charge >= 0.3 is 0 Å². The molecule has 0 bridgehead atoms. The molecule has 0 heterocycles. The Kier molecular flexibility index (Phi) is 3.32. The molecule has 2 N–H and O–H groups in total. The van der Waals surface area contributed by atoms with Crippen molar-refractivity contribution in [3.8, 4) is 5.75 Å². The molecule has 0 spiro atoms. The van der Waals surface area contributed by atoms with Gasteiger partial charge in [0.05, 0.1) is 7.11 Å². The van der Waals surface area contributed by atoms with E-state index in [4.69, 9.17) is 10.5 Å². The van der Waals surface area contributed by atoms with Crippen LogP contribution in [0.25, 0.3) is 0 Å². The normalized spacial score (nSPS) is 10.2. The number of benzene rings is 1. The molecule has 0 amide bonds. The maximum absolute atomic E-state index is 5.50. The fourth-order valence-electron chi connectivity index (χ4n) is 1.67. The highest BCUT2D eigenvalue weighted by Gasteiger charge is 2.03. The van der Waals surface area contributed by atoms with Crippen molar-refractivity contribution >= 4 is 0 Å². The van der Waals surface area contributed by atoms with Crippen molar-refractivity contribution < 1.29 is 4.74 Å². The molecule has 0 aromatic heterocycles. The van der Waals surface area contributed by atoms with Gasteiger partial charge in [0.15, 0.2) is 0 Å². The summed E-state index contributed by atoms with van der Waals surface area (Å²) in [5.74, 6) is 0.987. The molecule has 1 rings (SSSR count). The molecule has 0 atom stereocenters. The molecule has 0 unspecified atom stereocenters. The lowest BCUT2D eigenvalue weighted by Crippen LogP contribution is -2.03. The summed E-state index contributed by atoms with van der Waals surface area (Å²) in [5, 5.41) is 0. The zero-order valence-electron chi connectivity index (χ0n) is 8.55. The summed E-state index contributed by atoms with van der Waals surface area (Å²) in [5.41, 5.74) is 9.16. The van der Waals surface area contributed by atoms with Gasteiger partial charge in [-0.15, -0.1) is 0 Å². The second kappa shape index (κ2) is 4.28. The minimum atomic E-state index is 0.700. The van der Waals surface area contributed by atoms with Gasteiger partial charge in [-0.25, -0.2) is 0 Å². The van der Waals surface area contributed by atoms with Gasteiger partial charge in [0, 0.05) is 0 Å². The molecule has 1 aromatic carbocycles. The number of hydrogen-bond donors (Lipinski definition) is 1. The molecule has 0 saturated carbocycles. The van der Waals surface area contributed by atoms with E-state index in [1.165, 1.54) is 16.7 Å². The third kappa shape index (κ3) is 2.22. The lowest BCUT2D eigenvalue weighted by atomic mass is 10.0. The molecular formula is C11H17NO. The van der Waals surface area contributed by atoms with E-state index in [1.54, 1.807) is 7.11 Å². The molecule has 0 radical (unpaired) electrons. The number of nitrogens with two attached hydrogens (primary N) is 1. The highest BCUT2D eigenvalue weighted by molar-refractivity contribution is 5.43. The van der Waals surface area contributed by atoms with Crippen LogP contribution in [0.4, 0.5) is 0 Å². The van der Waals surface area contributed by atoms with E-state index in [1.807, 2.05) is 0 Å². The lowest BCUT2D eigenvalue weighted by molar-refractivity contribution is 0.408. The van der Waals surface area contributed by atoms with E-state index in [-0.39, 0.29) is 0 Å². The lowest BCUT2D eigenvalue weighted by Gasteiger charge is -2.10. The second-order valence-corrected chi connectivity index (χ2v) is 3.30. The molecule has 2 nitrogen and oxygen atoms in total. The Morgan fingerprint density at radius 2 is 1.77 bits per heavy atom. The molecule has 0 aliphatic rings. The summed E-state index contributed by atoms with van der Waals surface area (Å²) in [4.78, 5) is 0. The van der Waals surface area contributed by atoms with Crippen molar-refractivity contribution in [2.45, 2.75) is 20.3 Å². The quantitative estimate of drug-likeness (QED) is 0.768. The van der Waals surface area contributed by atoms with Crippen molar-refractivity contribution in [1.29, 1.82) is 0 Å².